The van der Waals surface area contributed by atoms with Crippen LogP contribution in [-0.4, -0.2) is 19.0 Å². The first-order chi connectivity index (χ1) is 7.67. The van der Waals surface area contributed by atoms with Crippen molar-refractivity contribution in [2.45, 2.75) is 18.9 Å². The highest BCUT2D eigenvalue weighted by Crippen LogP contribution is 2.29. The lowest BCUT2D eigenvalue weighted by Gasteiger charge is -2.33. The summed E-state index contributed by atoms with van der Waals surface area (Å²) in [6, 6.07) is 12.4. The van der Waals surface area contributed by atoms with Crippen molar-refractivity contribution in [1.82, 2.24) is 4.90 Å². The van der Waals surface area contributed by atoms with Gasteiger partial charge in [-0.25, -0.2) is 0 Å². The topological polar surface area (TPSA) is 27.0 Å². The van der Waals surface area contributed by atoms with Gasteiger partial charge in [-0.3, -0.25) is 4.90 Å². The Hall–Kier alpha value is -1.59. The van der Waals surface area contributed by atoms with Gasteiger partial charge in [0, 0.05) is 6.42 Å². The highest BCUT2D eigenvalue weighted by Gasteiger charge is 2.33. The molecule has 1 aromatic rings. The summed E-state index contributed by atoms with van der Waals surface area (Å²) in [5.41, 5.74) is 0.480. The van der Waals surface area contributed by atoms with Gasteiger partial charge in [-0.05, 0) is 26.6 Å². The quantitative estimate of drug-likeness (QED) is 0.720. The van der Waals surface area contributed by atoms with Crippen molar-refractivity contribution >= 4 is 0 Å². The van der Waals surface area contributed by atoms with Gasteiger partial charge in [0.15, 0.2) is 0 Å². The van der Waals surface area contributed by atoms with Crippen LogP contribution >= 0.6 is 0 Å². The molecule has 1 aromatic carbocycles. The zero-order chi connectivity index (χ0) is 12.0. The molecule has 0 saturated heterocycles. The summed E-state index contributed by atoms with van der Waals surface area (Å²) in [7, 11) is 3.89. The highest BCUT2D eigenvalue weighted by atomic mass is 15.1. The SMILES string of the molecule is C/C=C/CC(C#N)(c1ccccc1)N(C)C. The largest absolute Gasteiger partial charge is 0.288 e. The van der Waals surface area contributed by atoms with Crippen LogP contribution in [0.4, 0.5) is 0 Å². The molecular formula is C14H18N2. The van der Waals surface area contributed by atoms with E-state index in [-0.39, 0.29) is 0 Å². The van der Waals surface area contributed by atoms with E-state index >= 15 is 0 Å². The molecule has 1 rings (SSSR count). The number of allylic oxidation sites excluding steroid dienone is 1. The summed E-state index contributed by atoms with van der Waals surface area (Å²) in [5, 5.41) is 9.50. The van der Waals surface area contributed by atoms with Crippen molar-refractivity contribution in [2.75, 3.05) is 14.1 Å². The first-order valence-corrected chi connectivity index (χ1v) is 5.42. The van der Waals surface area contributed by atoms with Crippen molar-refractivity contribution in [1.29, 1.82) is 5.26 Å². The summed E-state index contributed by atoms with van der Waals surface area (Å²) < 4.78 is 0. The Bertz CT molecular complexity index is 387. The van der Waals surface area contributed by atoms with E-state index in [0.29, 0.717) is 6.42 Å². The fourth-order valence-electron chi connectivity index (χ4n) is 1.77. The van der Waals surface area contributed by atoms with Crippen molar-refractivity contribution in [2.24, 2.45) is 0 Å². The second-order valence-electron chi connectivity index (χ2n) is 4.01. The van der Waals surface area contributed by atoms with E-state index in [2.05, 4.69) is 6.07 Å². The van der Waals surface area contributed by atoms with Crippen molar-refractivity contribution < 1.29 is 0 Å². The van der Waals surface area contributed by atoms with Gasteiger partial charge in [0.25, 0.3) is 0 Å². The molecule has 0 aliphatic heterocycles. The van der Waals surface area contributed by atoms with Gasteiger partial charge in [-0.15, -0.1) is 0 Å². The molecule has 0 saturated carbocycles. The molecule has 0 spiro atoms. The predicted octanol–water partition coefficient (Wildman–Crippen LogP) is 2.93. The Morgan fingerprint density at radius 1 is 1.31 bits per heavy atom. The average Bonchev–Trinajstić information content (AvgIpc) is 2.31. The molecule has 0 N–H and O–H groups in total. The first kappa shape index (κ1) is 12.5. The van der Waals surface area contributed by atoms with Gasteiger partial charge >= 0.3 is 0 Å². The monoisotopic (exact) mass is 214 g/mol. The molecule has 0 bridgehead atoms. The third-order valence-corrected chi connectivity index (χ3v) is 2.85. The molecular weight excluding hydrogens is 196 g/mol. The van der Waals surface area contributed by atoms with Crippen LogP contribution in [0.2, 0.25) is 0 Å². The maximum absolute atomic E-state index is 9.50. The van der Waals surface area contributed by atoms with Crippen LogP contribution in [0.3, 0.4) is 0 Å². The minimum Gasteiger partial charge on any atom is -0.288 e. The average molecular weight is 214 g/mol. The second-order valence-corrected chi connectivity index (χ2v) is 4.01. The Morgan fingerprint density at radius 3 is 2.38 bits per heavy atom. The van der Waals surface area contributed by atoms with Crippen molar-refractivity contribution in [3.05, 3.63) is 48.0 Å². The Labute approximate surface area is 97.8 Å². The molecule has 2 heteroatoms. The van der Waals surface area contributed by atoms with Crippen molar-refractivity contribution in [3.63, 3.8) is 0 Å². The van der Waals surface area contributed by atoms with Crippen LogP contribution in [0.15, 0.2) is 42.5 Å². The summed E-state index contributed by atoms with van der Waals surface area (Å²) in [4.78, 5) is 1.97. The number of nitriles is 1. The van der Waals surface area contributed by atoms with E-state index in [1.807, 2.05) is 68.4 Å². The molecule has 0 amide bonds. The molecule has 0 heterocycles. The Balaban J connectivity index is 3.19. The van der Waals surface area contributed by atoms with E-state index in [0.717, 1.165) is 5.56 Å². The molecule has 0 aliphatic carbocycles. The third-order valence-electron chi connectivity index (χ3n) is 2.85. The van der Waals surface area contributed by atoms with Gasteiger partial charge < -0.3 is 0 Å². The van der Waals surface area contributed by atoms with Gasteiger partial charge in [-0.1, -0.05) is 42.5 Å². The first-order valence-electron chi connectivity index (χ1n) is 5.42. The lowest BCUT2D eigenvalue weighted by atomic mass is 9.86. The smallest absolute Gasteiger partial charge is 0.137 e. The van der Waals surface area contributed by atoms with E-state index in [1.165, 1.54) is 0 Å². The zero-order valence-corrected chi connectivity index (χ0v) is 10.1. The maximum atomic E-state index is 9.50. The zero-order valence-electron chi connectivity index (χ0n) is 10.1. The lowest BCUT2D eigenvalue weighted by molar-refractivity contribution is 0.220. The van der Waals surface area contributed by atoms with Crippen molar-refractivity contribution in [3.8, 4) is 6.07 Å². The van der Waals surface area contributed by atoms with Crippen LogP contribution < -0.4 is 0 Å². The normalized spacial score (nSPS) is 14.9. The van der Waals surface area contributed by atoms with Crippen LogP contribution in [0.5, 0.6) is 0 Å². The predicted molar refractivity (Wildman–Crippen MR) is 66.9 cm³/mol. The molecule has 2 nitrogen and oxygen atoms in total. The molecule has 0 fully saturated rings. The molecule has 16 heavy (non-hydrogen) atoms. The highest BCUT2D eigenvalue weighted by molar-refractivity contribution is 5.32. The number of hydrogen-bond donors (Lipinski definition) is 0. The van der Waals surface area contributed by atoms with Gasteiger partial charge in [0.1, 0.15) is 5.54 Å². The fraction of sp³-hybridized carbons (Fsp3) is 0.357. The third kappa shape index (κ3) is 2.32. The Morgan fingerprint density at radius 2 is 1.94 bits per heavy atom. The summed E-state index contributed by atoms with van der Waals surface area (Å²) in [5.74, 6) is 0. The molecule has 0 radical (unpaired) electrons. The van der Waals surface area contributed by atoms with E-state index in [1.54, 1.807) is 0 Å². The summed E-state index contributed by atoms with van der Waals surface area (Å²) >= 11 is 0. The Kier molecular flexibility index (Phi) is 4.28. The van der Waals surface area contributed by atoms with E-state index < -0.39 is 5.54 Å². The van der Waals surface area contributed by atoms with Crippen LogP contribution in [0, 0.1) is 11.3 Å². The lowest BCUT2D eigenvalue weighted by Crippen LogP contribution is -2.39. The number of nitrogens with zero attached hydrogens (tertiary/aromatic N) is 2. The number of benzene rings is 1. The molecule has 1 unspecified atom stereocenters. The molecule has 1 atom stereocenters. The summed E-state index contributed by atoms with van der Waals surface area (Å²) in [6.45, 7) is 1.97. The van der Waals surface area contributed by atoms with E-state index in [4.69, 9.17) is 0 Å². The van der Waals surface area contributed by atoms with Crippen LogP contribution in [0.25, 0.3) is 0 Å². The fourth-order valence-corrected chi connectivity index (χ4v) is 1.77. The number of hydrogen-bond acceptors (Lipinski definition) is 2. The standard InChI is InChI=1S/C14H18N2/c1-4-5-11-14(12-15,16(2)3)13-9-7-6-8-10-13/h4-10H,11H2,1-3H3/b5-4+. The second kappa shape index (κ2) is 5.48. The molecule has 0 aliphatic rings. The van der Waals surface area contributed by atoms with E-state index in [9.17, 15) is 5.26 Å². The van der Waals surface area contributed by atoms with Crippen LogP contribution in [0.1, 0.15) is 18.9 Å². The van der Waals surface area contributed by atoms with Gasteiger partial charge in [0.2, 0.25) is 0 Å². The van der Waals surface area contributed by atoms with Gasteiger partial charge in [0.05, 0.1) is 6.07 Å². The maximum Gasteiger partial charge on any atom is 0.137 e. The minimum atomic E-state index is -0.562. The summed E-state index contributed by atoms with van der Waals surface area (Å²) in [6.07, 6.45) is 4.73. The molecule has 0 aromatic heterocycles. The number of rotatable bonds is 4. The minimum absolute atomic E-state index is 0.562. The van der Waals surface area contributed by atoms with Gasteiger partial charge in [-0.2, -0.15) is 5.26 Å². The van der Waals surface area contributed by atoms with Crippen LogP contribution in [-0.2, 0) is 5.54 Å². The molecule has 84 valence electrons.